The lowest BCUT2D eigenvalue weighted by Gasteiger charge is -2.36. The number of aliphatic carboxylic acids is 1. The number of nitrogens with one attached hydrogen (secondary N) is 2. The van der Waals surface area contributed by atoms with E-state index in [-0.39, 0.29) is 23.6 Å². The molecular formula is C37H36ClN7O4. The summed E-state index contributed by atoms with van der Waals surface area (Å²) in [6, 6.07) is 19.0. The number of aliphatic hydroxyl groups is 1. The molecule has 2 saturated heterocycles. The molecule has 2 aliphatic heterocycles. The normalized spacial score (nSPS) is 16.8. The number of amides is 1. The fourth-order valence-corrected chi connectivity index (χ4v) is 6.75. The number of anilines is 3. The van der Waals surface area contributed by atoms with Gasteiger partial charge in [-0.05, 0) is 65.9 Å². The molecule has 1 atom stereocenters. The number of β-amino-alcohol motifs (C(OH)–C–C–N with tert-alkyl or cyclic N) is 1. The lowest BCUT2D eigenvalue weighted by Crippen LogP contribution is -2.49. The number of fused-ring (bicyclic) bond motifs is 1. The van der Waals surface area contributed by atoms with Crippen LogP contribution in [0.4, 0.5) is 17.2 Å². The average Bonchev–Trinajstić information content (AvgIpc) is 3.48. The van der Waals surface area contributed by atoms with Gasteiger partial charge in [-0.3, -0.25) is 29.4 Å². The van der Waals surface area contributed by atoms with Gasteiger partial charge < -0.3 is 20.8 Å². The van der Waals surface area contributed by atoms with Gasteiger partial charge in [0.1, 0.15) is 11.2 Å². The highest BCUT2D eigenvalue weighted by Crippen LogP contribution is 2.38. The Bertz CT molecular complexity index is 2030. The van der Waals surface area contributed by atoms with Crippen LogP contribution < -0.4 is 10.6 Å². The molecular weight excluding hydrogens is 642 g/mol. The third-order valence-electron chi connectivity index (χ3n) is 9.20. The number of carboxylic acid groups (broad SMARTS) is 1. The van der Waals surface area contributed by atoms with Gasteiger partial charge in [-0.2, -0.15) is 0 Å². The van der Waals surface area contributed by atoms with Crippen LogP contribution in [-0.4, -0.2) is 79.1 Å². The minimum Gasteiger partial charge on any atom is -0.481 e. The van der Waals surface area contributed by atoms with Gasteiger partial charge >= 0.3 is 5.97 Å². The number of aliphatic hydroxyl groups excluding tert-OH is 1. The minimum absolute atomic E-state index is 0.282. The predicted molar refractivity (Wildman–Crippen MR) is 189 cm³/mol. The average molecular weight is 678 g/mol. The Morgan fingerprint density at radius 1 is 0.898 bits per heavy atom. The zero-order valence-electron chi connectivity index (χ0n) is 26.9. The number of carbonyl (C=O) groups is 2. The SMILES string of the molecule is Cc1c(Nc2nccc3cc(CN4CC(C(=O)O)C4)cnc23)cccc1-c1cccc(NC(=O)c2ccc(CN3CCC(O)C3)cn2)c1Cl. The maximum Gasteiger partial charge on any atom is 0.309 e. The van der Waals surface area contributed by atoms with Gasteiger partial charge in [-0.15, -0.1) is 0 Å². The highest BCUT2D eigenvalue weighted by molar-refractivity contribution is 6.36. The van der Waals surface area contributed by atoms with Gasteiger partial charge in [0.15, 0.2) is 5.82 Å². The van der Waals surface area contributed by atoms with Gasteiger partial charge in [-0.25, -0.2) is 4.98 Å². The quantitative estimate of drug-likeness (QED) is 0.145. The maximum atomic E-state index is 13.2. The second-order valence-corrected chi connectivity index (χ2v) is 13.1. The molecule has 0 bridgehead atoms. The first kappa shape index (κ1) is 32.6. The molecule has 1 amide bonds. The zero-order chi connectivity index (χ0) is 34.1. The van der Waals surface area contributed by atoms with E-state index < -0.39 is 5.97 Å². The summed E-state index contributed by atoms with van der Waals surface area (Å²) in [6.45, 7) is 5.90. The van der Waals surface area contributed by atoms with Gasteiger partial charge in [0.05, 0.1) is 22.7 Å². The third kappa shape index (κ3) is 7.11. The monoisotopic (exact) mass is 677 g/mol. The van der Waals surface area contributed by atoms with Crippen LogP contribution in [0.2, 0.25) is 5.02 Å². The zero-order valence-corrected chi connectivity index (χ0v) is 27.7. The van der Waals surface area contributed by atoms with Gasteiger partial charge in [0, 0.05) is 74.5 Å². The molecule has 5 heterocycles. The minimum atomic E-state index is -0.748. The third-order valence-corrected chi connectivity index (χ3v) is 9.61. The standard InChI is InChI=1S/C37H36ClN7O4/c1-22-28(29-5-3-7-31(33(29)38)43-36(47)32-9-8-23(15-40-32)17-44-13-11-27(46)21-44)4-2-6-30(22)42-35-34-25(10-12-39-35)14-24(16-41-34)18-45-19-26(20-45)37(48)49/h2-10,12,14-16,26-27,46H,11,13,17-21H2,1H3,(H,39,42)(H,43,47)(H,48,49). The Labute approximate surface area is 288 Å². The summed E-state index contributed by atoms with van der Waals surface area (Å²) < 4.78 is 0. The van der Waals surface area contributed by atoms with E-state index in [1.165, 1.54) is 0 Å². The van der Waals surface area contributed by atoms with E-state index in [0.717, 1.165) is 57.4 Å². The summed E-state index contributed by atoms with van der Waals surface area (Å²) in [5.74, 6) is -0.794. The largest absolute Gasteiger partial charge is 0.481 e. The van der Waals surface area contributed by atoms with Crippen LogP contribution in [0.3, 0.4) is 0 Å². The lowest BCUT2D eigenvalue weighted by molar-refractivity contribution is -0.147. The Morgan fingerprint density at radius 3 is 2.39 bits per heavy atom. The summed E-state index contributed by atoms with van der Waals surface area (Å²) in [5, 5.41) is 26.7. The molecule has 49 heavy (non-hydrogen) atoms. The van der Waals surface area contributed by atoms with Crippen molar-refractivity contribution in [1.82, 2.24) is 24.8 Å². The lowest BCUT2D eigenvalue weighted by atomic mass is 9.98. The second kappa shape index (κ2) is 13.9. The molecule has 2 fully saturated rings. The first-order valence-corrected chi connectivity index (χ1v) is 16.6. The number of carbonyl (C=O) groups excluding carboxylic acids is 1. The molecule has 11 nitrogen and oxygen atoms in total. The number of benzene rings is 2. The van der Waals surface area contributed by atoms with Crippen molar-refractivity contribution in [1.29, 1.82) is 0 Å². The van der Waals surface area contributed by atoms with Crippen molar-refractivity contribution in [3.05, 3.63) is 107 Å². The van der Waals surface area contributed by atoms with E-state index in [2.05, 4.69) is 36.5 Å². The number of pyridine rings is 3. The molecule has 4 N–H and O–H groups in total. The van der Waals surface area contributed by atoms with Crippen molar-refractivity contribution in [2.24, 2.45) is 5.92 Å². The number of likely N-dealkylation sites (tertiary alicyclic amines) is 2. The van der Waals surface area contributed by atoms with Crippen LogP contribution in [0.25, 0.3) is 22.0 Å². The number of aromatic nitrogens is 3. The number of hydrogen-bond donors (Lipinski definition) is 4. The molecule has 2 aliphatic rings. The van der Waals surface area contributed by atoms with E-state index in [9.17, 15) is 14.7 Å². The Hall–Kier alpha value is -4.94. The van der Waals surface area contributed by atoms with Gasteiger partial charge in [-0.1, -0.05) is 41.9 Å². The molecule has 0 spiro atoms. The molecule has 2 aromatic carbocycles. The van der Waals surface area contributed by atoms with E-state index in [1.54, 1.807) is 24.5 Å². The number of carboxylic acids is 1. The first-order valence-electron chi connectivity index (χ1n) is 16.2. The van der Waals surface area contributed by atoms with Crippen molar-refractivity contribution in [3.8, 4) is 11.1 Å². The van der Waals surface area contributed by atoms with Crippen LogP contribution in [0.1, 0.15) is 33.6 Å². The van der Waals surface area contributed by atoms with Crippen molar-refractivity contribution in [2.75, 3.05) is 36.8 Å². The molecule has 5 aromatic rings. The van der Waals surface area contributed by atoms with Crippen molar-refractivity contribution in [2.45, 2.75) is 32.5 Å². The fourth-order valence-electron chi connectivity index (χ4n) is 6.48. The number of nitrogens with zero attached hydrogens (tertiary/aromatic N) is 5. The molecule has 0 aliphatic carbocycles. The Balaban J connectivity index is 1.06. The van der Waals surface area contributed by atoms with Crippen molar-refractivity contribution >= 4 is 51.6 Å². The van der Waals surface area contributed by atoms with Gasteiger partial charge in [0.25, 0.3) is 5.91 Å². The highest BCUT2D eigenvalue weighted by atomic mass is 35.5. The second-order valence-electron chi connectivity index (χ2n) is 12.8. The van der Waals surface area contributed by atoms with Crippen LogP contribution >= 0.6 is 11.6 Å². The molecule has 0 saturated carbocycles. The van der Waals surface area contributed by atoms with E-state index in [1.807, 2.05) is 55.6 Å². The summed E-state index contributed by atoms with van der Waals surface area (Å²) in [6.07, 6.45) is 5.74. The number of hydrogen-bond acceptors (Lipinski definition) is 9. The smallest absolute Gasteiger partial charge is 0.309 e. The molecule has 0 radical (unpaired) electrons. The molecule has 12 heteroatoms. The number of halogens is 1. The van der Waals surface area contributed by atoms with Crippen LogP contribution in [-0.2, 0) is 17.9 Å². The highest BCUT2D eigenvalue weighted by Gasteiger charge is 2.32. The topological polar surface area (TPSA) is 144 Å². The van der Waals surface area contributed by atoms with Crippen molar-refractivity contribution < 1.29 is 19.8 Å². The van der Waals surface area contributed by atoms with Crippen LogP contribution in [0.5, 0.6) is 0 Å². The molecule has 7 rings (SSSR count). The van der Waals surface area contributed by atoms with Crippen LogP contribution in [0, 0.1) is 12.8 Å². The Morgan fingerprint density at radius 2 is 1.65 bits per heavy atom. The first-order chi connectivity index (χ1) is 23.7. The molecule has 1 unspecified atom stereocenters. The van der Waals surface area contributed by atoms with E-state index >= 15 is 0 Å². The molecule has 3 aromatic heterocycles. The molecule has 250 valence electrons. The Kier molecular flexibility index (Phi) is 9.24. The maximum absolute atomic E-state index is 13.2. The van der Waals surface area contributed by atoms with E-state index in [0.29, 0.717) is 49.3 Å². The summed E-state index contributed by atoms with van der Waals surface area (Å²) in [4.78, 5) is 42.2. The van der Waals surface area contributed by atoms with Crippen LogP contribution in [0.15, 0.2) is 79.3 Å². The number of rotatable bonds is 10. The fraction of sp³-hybridized carbons (Fsp3) is 0.270. The van der Waals surface area contributed by atoms with Crippen molar-refractivity contribution in [3.63, 3.8) is 0 Å². The summed E-state index contributed by atoms with van der Waals surface area (Å²) in [7, 11) is 0. The predicted octanol–water partition coefficient (Wildman–Crippen LogP) is 5.73. The summed E-state index contributed by atoms with van der Waals surface area (Å²) in [5.41, 5.74) is 6.91. The van der Waals surface area contributed by atoms with Gasteiger partial charge in [0.2, 0.25) is 0 Å². The summed E-state index contributed by atoms with van der Waals surface area (Å²) >= 11 is 6.92. The van der Waals surface area contributed by atoms with E-state index in [4.69, 9.17) is 21.7 Å².